The van der Waals surface area contributed by atoms with Crippen LogP contribution < -0.4 is 0 Å². The summed E-state index contributed by atoms with van der Waals surface area (Å²) in [6.07, 6.45) is 2.89. The summed E-state index contributed by atoms with van der Waals surface area (Å²) in [5, 5.41) is 0.290. The van der Waals surface area contributed by atoms with Crippen molar-refractivity contribution < 1.29 is 12.8 Å². The first-order valence-corrected chi connectivity index (χ1v) is 8.85. The van der Waals surface area contributed by atoms with Crippen LogP contribution in [0.3, 0.4) is 0 Å². The van der Waals surface area contributed by atoms with Crippen molar-refractivity contribution in [2.75, 3.05) is 6.26 Å². The highest BCUT2D eigenvalue weighted by Gasteiger charge is 2.10. The van der Waals surface area contributed by atoms with Crippen LogP contribution in [0, 0.1) is 0 Å². The smallest absolute Gasteiger partial charge is 0.175 e. The van der Waals surface area contributed by atoms with Crippen molar-refractivity contribution in [3.63, 3.8) is 0 Å². The number of hydrogen-bond donors (Lipinski definition) is 0. The lowest BCUT2D eigenvalue weighted by atomic mass is 10.2. The zero-order valence-electron chi connectivity index (χ0n) is 10.9. The van der Waals surface area contributed by atoms with Crippen LogP contribution in [-0.4, -0.2) is 14.7 Å². The molecule has 0 unspecified atom stereocenters. The van der Waals surface area contributed by atoms with E-state index in [9.17, 15) is 8.42 Å². The highest BCUT2D eigenvalue weighted by atomic mass is 32.2. The molecule has 5 heteroatoms. The molecule has 19 heavy (non-hydrogen) atoms. The van der Waals surface area contributed by atoms with Crippen molar-refractivity contribution >= 4 is 21.6 Å². The van der Waals surface area contributed by atoms with E-state index in [1.54, 1.807) is 30.2 Å². The Bertz CT molecular complexity index is 613. The minimum Gasteiger partial charge on any atom is -0.468 e. The lowest BCUT2D eigenvalue weighted by Crippen LogP contribution is -1.97. The van der Waals surface area contributed by atoms with Crippen LogP contribution in [0.4, 0.5) is 0 Å². The molecule has 1 aromatic heterocycles. The summed E-state index contributed by atoms with van der Waals surface area (Å²) < 4.78 is 28.0. The van der Waals surface area contributed by atoms with Crippen LogP contribution in [0.25, 0.3) is 0 Å². The number of rotatable bonds is 5. The van der Waals surface area contributed by atoms with Gasteiger partial charge in [-0.25, -0.2) is 8.42 Å². The normalized spacial score (nSPS) is 13.4. The zero-order valence-corrected chi connectivity index (χ0v) is 12.5. The first kappa shape index (κ1) is 14.2. The Kier molecular flexibility index (Phi) is 4.37. The van der Waals surface area contributed by atoms with Crippen LogP contribution >= 0.6 is 11.8 Å². The third kappa shape index (κ3) is 3.88. The molecule has 3 nitrogen and oxygen atoms in total. The monoisotopic (exact) mass is 296 g/mol. The second-order valence-corrected chi connectivity index (χ2v) is 7.72. The average molecular weight is 296 g/mol. The van der Waals surface area contributed by atoms with Gasteiger partial charge in [0.15, 0.2) is 9.84 Å². The number of benzene rings is 1. The quantitative estimate of drug-likeness (QED) is 0.844. The van der Waals surface area contributed by atoms with E-state index >= 15 is 0 Å². The van der Waals surface area contributed by atoms with Gasteiger partial charge in [0.05, 0.1) is 16.9 Å². The minimum absolute atomic E-state index is 0.290. The van der Waals surface area contributed by atoms with Crippen molar-refractivity contribution in [3.8, 4) is 0 Å². The Labute approximate surface area is 117 Å². The maximum atomic E-state index is 11.4. The Morgan fingerprint density at radius 3 is 2.42 bits per heavy atom. The molecular formula is C14H16O3S2. The van der Waals surface area contributed by atoms with Crippen LogP contribution in [0.2, 0.25) is 0 Å². The molecule has 2 rings (SSSR count). The highest BCUT2D eigenvalue weighted by Crippen LogP contribution is 2.31. The van der Waals surface area contributed by atoms with Crippen molar-refractivity contribution in [2.45, 2.75) is 22.8 Å². The van der Waals surface area contributed by atoms with E-state index in [0.29, 0.717) is 10.1 Å². The predicted octanol–water partition coefficient (Wildman–Crippen LogP) is 3.68. The molecule has 0 saturated carbocycles. The van der Waals surface area contributed by atoms with E-state index in [-0.39, 0.29) is 0 Å². The largest absolute Gasteiger partial charge is 0.468 e. The van der Waals surface area contributed by atoms with Gasteiger partial charge in [-0.15, -0.1) is 11.8 Å². The molecule has 102 valence electrons. The number of furan rings is 1. The first-order valence-electron chi connectivity index (χ1n) is 5.91. The van der Waals surface area contributed by atoms with E-state index in [1.807, 2.05) is 24.3 Å². The fourth-order valence-corrected chi connectivity index (χ4v) is 3.24. The summed E-state index contributed by atoms with van der Waals surface area (Å²) in [5.41, 5.74) is 1.11. The number of hydrogen-bond acceptors (Lipinski definition) is 4. The van der Waals surface area contributed by atoms with Gasteiger partial charge in [-0.2, -0.15) is 0 Å². The standard InChI is InChI=1S/C14H16O3S2/c1-11(18-10-13-4-3-9-17-13)12-5-7-14(8-6-12)19(2,15)16/h3-9,11H,10H2,1-2H3/t11-/m1/s1. The lowest BCUT2D eigenvalue weighted by molar-refractivity contribution is 0.530. The molecule has 0 aliphatic heterocycles. The molecule has 0 aliphatic rings. The zero-order chi connectivity index (χ0) is 13.9. The number of thioether (sulfide) groups is 1. The second kappa shape index (κ2) is 5.84. The Morgan fingerprint density at radius 1 is 1.21 bits per heavy atom. The summed E-state index contributed by atoms with van der Waals surface area (Å²) >= 11 is 1.76. The first-order chi connectivity index (χ1) is 8.97. The lowest BCUT2D eigenvalue weighted by Gasteiger charge is -2.11. The van der Waals surface area contributed by atoms with E-state index < -0.39 is 9.84 Å². The van der Waals surface area contributed by atoms with Gasteiger partial charge in [0.25, 0.3) is 0 Å². The fourth-order valence-electron chi connectivity index (χ4n) is 1.68. The van der Waals surface area contributed by atoms with Crippen LogP contribution in [0.15, 0.2) is 52.0 Å². The highest BCUT2D eigenvalue weighted by molar-refractivity contribution is 7.98. The molecule has 1 heterocycles. The molecule has 0 aliphatic carbocycles. The molecular weight excluding hydrogens is 280 g/mol. The van der Waals surface area contributed by atoms with Crippen molar-refractivity contribution in [2.24, 2.45) is 0 Å². The van der Waals surface area contributed by atoms with Crippen LogP contribution in [0.1, 0.15) is 23.5 Å². The van der Waals surface area contributed by atoms with Gasteiger partial charge in [-0.1, -0.05) is 12.1 Å². The van der Waals surface area contributed by atoms with Gasteiger partial charge in [0, 0.05) is 11.5 Å². The van der Waals surface area contributed by atoms with Gasteiger partial charge in [0.2, 0.25) is 0 Å². The number of sulfone groups is 1. The Morgan fingerprint density at radius 2 is 1.89 bits per heavy atom. The summed E-state index contributed by atoms with van der Waals surface area (Å²) in [5.74, 6) is 1.76. The van der Waals surface area contributed by atoms with E-state index in [2.05, 4.69) is 6.92 Å². The maximum Gasteiger partial charge on any atom is 0.175 e. The summed E-state index contributed by atoms with van der Waals surface area (Å²) in [6.45, 7) is 2.10. The van der Waals surface area contributed by atoms with E-state index in [4.69, 9.17) is 4.42 Å². The third-order valence-corrected chi connectivity index (χ3v) is 5.19. The van der Waals surface area contributed by atoms with Gasteiger partial charge in [-0.05, 0) is 36.8 Å². The summed E-state index contributed by atoms with van der Waals surface area (Å²) in [4.78, 5) is 0.361. The average Bonchev–Trinajstić information content (AvgIpc) is 2.88. The Hall–Kier alpha value is -1.20. The van der Waals surface area contributed by atoms with Gasteiger partial charge < -0.3 is 4.42 Å². The molecule has 0 radical (unpaired) electrons. The van der Waals surface area contributed by atoms with Crippen LogP contribution in [0.5, 0.6) is 0 Å². The molecule has 0 bridgehead atoms. The minimum atomic E-state index is -3.11. The van der Waals surface area contributed by atoms with Crippen molar-refractivity contribution in [3.05, 3.63) is 54.0 Å². The topological polar surface area (TPSA) is 47.3 Å². The molecule has 1 aromatic carbocycles. The molecule has 0 spiro atoms. The molecule has 0 saturated heterocycles. The Balaban J connectivity index is 2.01. The van der Waals surface area contributed by atoms with Crippen LogP contribution in [-0.2, 0) is 15.6 Å². The van der Waals surface area contributed by atoms with Crippen molar-refractivity contribution in [1.82, 2.24) is 0 Å². The van der Waals surface area contributed by atoms with Gasteiger partial charge in [0.1, 0.15) is 5.76 Å². The maximum absolute atomic E-state index is 11.4. The predicted molar refractivity (Wildman–Crippen MR) is 78.0 cm³/mol. The molecule has 0 fully saturated rings. The molecule has 1 atom stereocenters. The SMILES string of the molecule is C[C@@H](SCc1ccco1)c1ccc(S(C)(=O)=O)cc1. The molecule has 0 amide bonds. The fraction of sp³-hybridized carbons (Fsp3) is 0.286. The third-order valence-electron chi connectivity index (χ3n) is 2.83. The van der Waals surface area contributed by atoms with E-state index in [0.717, 1.165) is 17.1 Å². The van der Waals surface area contributed by atoms with Gasteiger partial charge in [-0.3, -0.25) is 0 Å². The second-order valence-electron chi connectivity index (χ2n) is 4.37. The summed E-state index contributed by atoms with van der Waals surface area (Å²) in [7, 11) is -3.11. The molecule has 0 N–H and O–H groups in total. The van der Waals surface area contributed by atoms with Gasteiger partial charge >= 0.3 is 0 Å². The summed E-state index contributed by atoms with van der Waals surface area (Å²) in [6, 6.07) is 10.9. The molecule has 2 aromatic rings. The van der Waals surface area contributed by atoms with Crippen molar-refractivity contribution in [1.29, 1.82) is 0 Å². The van der Waals surface area contributed by atoms with E-state index in [1.165, 1.54) is 6.26 Å².